The van der Waals surface area contributed by atoms with Gasteiger partial charge in [-0.15, -0.1) is 0 Å². The zero-order valence-electron chi connectivity index (χ0n) is 19.8. The van der Waals surface area contributed by atoms with Crippen molar-refractivity contribution in [1.29, 1.82) is 5.26 Å². The molecule has 2 aromatic rings. The van der Waals surface area contributed by atoms with Gasteiger partial charge >= 0.3 is 0 Å². The van der Waals surface area contributed by atoms with Crippen LogP contribution in [0.1, 0.15) is 48.8 Å². The first kappa shape index (κ1) is 22.7. The summed E-state index contributed by atoms with van der Waals surface area (Å²) in [5.41, 5.74) is 4.40. The highest BCUT2D eigenvalue weighted by Crippen LogP contribution is 2.44. The highest BCUT2D eigenvalue weighted by atomic mass is 19.1. The Morgan fingerprint density at radius 1 is 1.20 bits per heavy atom. The average Bonchev–Trinajstić information content (AvgIpc) is 3.61. The van der Waals surface area contributed by atoms with Crippen molar-refractivity contribution in [3.05, 3.63) is 58.9 Å². The normalized spacial score (nSPS) is 26.9. The van der Waals surface area contributed by atoms with Crippen LogP contribution < -0.4 is 16.0 Å². The smallest absolute Gasteiger partial charge is 0.238 e. The number of halogens is 1. The molecule has 35 heavy (non-hydrogen) atoms. The Kier molecular flexibility index (Phi) is 5.84. The summed E-state index contributed by atoms with van der Waals surface area (Å²) in [4.78, 5) is 12.7. The summed E-state index contributed by atoms with van der Waals surface area (Å²) in [7, 11) is 0. The first-order chi connectivity index (χ1) is 17.0. The molecule has 0 aromatic heterocycles. The first-order valence-corrected chi connectivity index (χ1v) is 12.8. The van der Waals surface area contributed by atoms with Gasteiger partial charge in [-0.3, -0.25) is 4.79 Å². The van der Waals surface area contributed by atoms with Crippen molar-refractivity contribution in [2.24, 2.45) is 5.92 Å². The van der Waals surface area contributed by atoms with E-state index in [1.54, 1.807) is 6.07 Å². The van der Waals surface area contributed by atoms with E-state index in [4.69, 9.17) is 4.74 Å². The fraction of sp³-hybridized carbons (Fsp3) is 0.500. The number of ether oxygens (including phenoxy) is 1. The predicted octanol–water partition coefficient (Wildman–Crippen LogP) is 3.29. The fourth-order valence-corrected chi connectivity index (χ4v) is 6.50. The minimum absolute atomic E-state index is 0.142. The van der Waals surface area contributed by atoms with Crippen LogP contribution in [0.2, 0.25) is 0 Å². The monoisotopic (exact) mass is 474 g/mol. The summed E-state index contributed by atoms with van der Waals surface area (Å²) in [6.07, 6.45) is 5.21. The fourth-order valence-electron chi connectivity index (χ4n) is 6.50. The van der Waals surface area contributed by atoms with Crippen molar-refractivity contribution < 1.29 is 13.9 Å². The van der Waals surface area contributed by atoms with E-state index in [9.17, 15) is 10.1 Å². The van der Waals surface area contributed by atoms with Gasteiger partial charge in [0, 0.05) is 12.5 Å². The van der Waals surface area contributed by atoms with E-state index in [0.29, 0.717) is 24.1 Å². The Hall–Kier alpha value is -2.79. The zero-order valence-corrected chi connectivity index (χ0v) is 19.8. The van der Waals surface area contributed by atoms with Gasteiger partial charge in [0.25, 0.3) is 0 Å². The molecule has 4 aliphatic rings. The second-order valence-electron chi connectivity index (χ2n) is 10.5. The Bertz CT molecular complexity index is 1180. The third kappa shape index (κ3) is 4.14. The molecule has 7 heteroatoms. The van der Waals surface area contributed by atoms with Crippen LogP contribution in [0.5, 0.6) is 0 Å². The van der Waals surface area contributed by atoms with Gasteiger partial charge in [0.2, 0.25) is 5.91 Å². The second-order valence-corrected chi connectivity index (χ2v) is 10.5. The summed E-state index contributed by atoms with van der Waals surface area (Å²) in [5, 5.41) is 19.2. The van der Waals surface area contributed by atoms with Crippen LogP contribution in [0.15, 0.2) is 36.4 Å². The van der Waals surface area contributed by atoms with Gasteiger partial charge in [0.05, 0.1) is 24.3 Å². The Labute approximate surface area is 205 Å². The number of nitriles is 1. The van der Waals surface area contributed by atoms with Crippen molar-refractivity contribution in [1.82, 2.24) is 16.0 Å². The van der Waals surface area contributed by atoms with E-state index in [-0.39, 0.29) is 29.8 Å². The molecule has 3 fully saturated rings. The van der Waals surface area contributed by atoms with Crippen LogP contribution in [0.4, 0.5) is 4.39 Å². The molecule has 6 nitrogen and oxygen atoms in total. The number of hydrogen-bond donors (Lipinski definition) is 3. The summed E-state index contributed by atoms with van der Waals surface area (Å²) in [6.45, 7) is 2.49. The molecule has 2 bridgehead atoms. The molecule has 3 aliphatic heterocycles. The maximum atomic E-state index is 15.1. The Balaban J connectivity index is 1.17. The molecule has 1 aliphatic carbocycles. The molecule has 182 valence electrons. The van der Waals surface area contributed by atoms with Crippen molar-refractivity contribution in [2.45, 2.75) is 68.9 Å². The minimum atomic E-state index is -0.763. The average molecular weight is 475 g/mol. The Morgan fingerprint density at radius 2 is 2.00 bits per heavy atom. The molecular formula is C28H31FN4O2. The van der Waals surface area contributed by atoms with E-state index >= 15 is 4.39 Å². The largest absolute Gasteiger partial charge is 0.365 e. The van der Waals surface area contributed by atoms with Gasteiger partial charge in [-0.1, -0.05) is 24.3 Å². The summed E-state index contributed by atoms with van der Waals surface area (Å²) >= 11 is 0. The van der Waals surface area contributed by atoms with E-state index < -0.39 is 6.04 Å². The van der Waals surface area contributed by atoms with Crippen LogP contribution in [0.25, 0.3) is 11.1 Å². The lowest BCUT2D eigenvalue weighted by Gasteiger charge is -2.34. The van der Waals surface area contributed by atoms with Crippen molar-refractivity contribution in [2.75, 3.05) is 13.1 Å². The van der Waals surface area contributed by atoms with Gasteiger partial charge in [0.15, 0.2) is 0 Å². The molecule has 6 rings (SSSR count). The van der Waals surface area contributed by atoms with Crippen LogP contribution in [-0.2, 0) is 28.2 Å². The molecule has 3 heterocycles. The molecule has 4 atom stereocenters. The molecule has 2 saturated heterocycles. The number of hydrogen-bond acceptors (Lipinski definition) is 5. The number of nitrogens with zero attached hydrogens (tertiary/aromatic N) is 1. The van der Waals surface area contributed by atoms with Gasteiger partial charge in [-0.2, -0.15) is 5.26 Å². The number of carbonyl (C=O) groups excluding carboxylic acids is 1. The van der Waals surface area contributed by atoms with E-state index in [1.165, 1.54) is 17.2 Å². The molecule has 2 aromatic carbocycles. The quantitative estimate of drug-likeness (QED) is 0.619. The van der Waals surface area contributed by atoms with Crippen molar-refractivity contribution >= 4 is 5.91 Å². The van der Waals surface area contributed by atoms with Crippen LogP contribution in [-0.4, -0.2) is 37.1 Å². The van der Waals surface area contributed by atoms with Crippen LogP contribution >= 0.6 is 0 Å². The second kappa shape index (κ2) is 9.02. The SMILES string of the molecule is N#C[C@H](Cc1ccc(-c2ccc3c(c2)C2(CCNCC2)OC3)cc1F)NC(=O)[C@H]1N[C@@H]2CC[C@H]1C2. The van der Waals surface area contributed by atoms with E-state index in [2.05, 4.69) is 34.2 Å². The first-order valence-electron chi connectivity index (χ1n) is 12.8. The third-order valence-electron chi connectivity index (χ3n) is 8.44. The lowest BCUT2D eigenvalue weighted by Crippen LogP contribution is -2.50. The number of amides is 1. The van der Waals surface area contributed by atoms with Crippen molar-refractivity contribution in [3.63, 3.8) is 0 Å². The highest BCUT2D eigenvalue weighted by molar-refractivity contribution is 5.83. The molecule has 3 N–H and O–H groups in total. The minimum Gasteiger partial charge on any atom is -0.365 e. The number of benzene rings is 2. The number of nitrogens with one attached hydrogen (secondary N) is 3. The maximum Gasteiger partial charge on any atom is 0.238 e. The standard InChI is InChI=1S/C28H31FN4O2/c29-25-14-18(17-2-4-21-16-35-28(24(21)13-17)7-9-31-10-8-28)1-3-19(25)11-23(15-30)33-27(34)26-20-5-6-22(12-20)32-26/h1-4,13-14,20,22-23,26,31-32H,5-12,16H2,(H,33,34)/t20-,22+,23-,26-/m0/s1. The molecule has 0 unspecified atom stereocenters. The van der Waals surface area contributed by atoms with Crippen molar-refractivity contribution in [3.8, 4) is 17.2 Å². The summed E-state index contributed by atoms with van der Waals surface area (Å²) in [6, 6.07) is 13.0. The number of rotatable bonds is 5. The van der Waals surface area contributed by atoms with Crippen LogP contribution in [0.3, 0.4) is 0 Å². The van der Waals surface area contributed by atoms with Crippen LogP contribution in [0, 0.1) is 23.1 Å². The van der Waals surface area contributed by atoms with E-state index in [0.717, 1.165) is 56.3 Å². The van der Waals surface area contributed by atoms with Gasteiger partial charge < -0.3 is 20.7 Å². The molecule has 1 saturated carbocycles. The van der Waals surface area contributed by atoms with E-state index in [1.807, 2.05) is 12.1 Å². The lowest BCUT2D eigenvalue weighted by atomic mass is 9.83. The number of carbonyl (C=O) groups is 1. The third-order valence-corrected chi connectivity index (χ3v) is 8.44. The molecule has 1 spiro atoms. The lowest BCUT2D eigenvalue weighted by molar-refractivity contribution is -0.124. The van der Waals surface area contributed by atoms with Gasteiger partial charge in [0.1, 0.15) is 11.9 Å². The zero-order chi connectivity index (χ0) is 24.0. The molecule has 1 amide bonds. The predicted molar refractivity (Wildman–Crippen MR) is 130 cm³/mol. The number of fused-ring (bicyclic) bond motifs is 4. The maximum absolute atomic E-state index is 15.1. The Morgan fingerprint density at radius 3 is 2.71 bits per heavy atom. The summed E-state index contributed by atoms with van der Waals surface area (Å²) in [5.74, 6) is -0.159. The molecular weight excluding hydrogens is 443 g/mol. The topological polar surface area (TPSA) is 86.2 Å². The van der Waals surface area contributed by atoms with Gasteiger partial charge in [-0.25, -0.2) is 4.39 Å². The van der Waals surface area contributed by atoms with Gasteiger partial charge in [-0.05, 0) is 91.1 Å². The highest BCUT2D eigenvalue weighted by Gasteiger charge is 2.43. The number of piperidine rings is 2. The summed E-state index contributed by atoms with van der Waals surface area (Å²) < 4.78 is 21.4. The molecule has 0 radical (unpaired) electrons.